The summed E-state index contributed by atoms with van der Waals surface area (Å²) < 4.78 is 10.7. The first-order chi connectivity index (χ1) is 11.3. The smallest absolute Gasteiger partial charge is 0.335 e. The molecule has 0 aliphatic carbocycles. The Morgan fingerprint density at radius 3 is 2.42 bits per heavy atom. The Hall–Kier alpha value is -1.76. The van der Waals surface area contributed by atoms with E-state index in [2.05, 4.69) is 15.9 Å². The molecular weight excluding hydrogens is 394 g/mol. The quantitative estimate of drug-likeness (QED) is 0.266. The monoisotopic (exact) mass is 407 g/mol. The molecule has 1 fully saturated rings. The van der Waals surface area contributed by atoms with Crippen LogP contribution in [0.15, 0.2) is 22.7 Å². The van der Waals surface area contributed by atoms with Gasteiger partial charge in [-0.3, -0.25) is 10.0 Å². The zero-order valence-electron chi connectivity index (χ0n) is 11.9. The van der Waals surface area contributed by atoms with Gasteiger partial charge in [0.15, 0.2) is 6.10 Å². The first-order valence-electron chi connectivity index (χ1n) is 6.59. The maximum Gasteiger partial charge on any atom is 0.335 e. The standard InChI is InChI=1S/C13H14BrNO9/c14-4-1-2-6(5(3-4)11(19)15-22)23-13-9(18)7(16)8(17)10(24-13)12(20)21/h1-3,7-10,13,16-18,22H,(H,15,19)(H,20,21). The summed E-state index contributed by atoms with van der Waals surface area (Å²) in [5.41, 5.74) is 1.27. The highest BCUT2D eigenvalue weighted by molar-refractivity contribution is 9.10. The molecule has 1 amide bonds. The van der Waals surface area contributed by atoms with Crippen molar-refractivity contribution in [2.45, 2.75) is 30.7 Å². The molecule has 0 bridgehead atoms. The number of hydrogen-bond acceptors (Lipinski definition) is 8. The lowest BCUT2D eigenvalue weighted by Gasteiger charge is -2.38. The number of halogens is 1. The van der Waals surface area contributed by atoms with Crippen LogP contribution < -0.4 is 10.2 Å². The highest BCUT2D eigenvalue weighted by atomic mass is 79.9. The molecule has 1 saturated heterocycles. The van der Waals surface area contributed by atoms with Crippen molar-refractivity contribution < 1.29 is 44.7 Å². The minimum atomic E-state index is -1.86. The third kappa shape index (κ3) is 3.66. The molecule has 0 saturated carbocycles. The number of carbonyl (C=O) groups is 2. The van der Waals surface area contributed by atoms with Crippen molar-refractivity contribution in [1.29, 1.82) is 0 Å². The molecule has 6 N–H and O–H groups in total. The number of rotatable bonds is 4. The molecule has 11 heteroatoms. The van der Waals surface area contributed by atoms with Crippen LogP contribution in [0.25, 0.3) is 0 Å². The van der Waals surface area contributed by atoms with Crippen molar-refractivity contribution in [1.82, 2.24) is 5.48 Å². The number of amides is 1. The molecule has 5 atom stereocenters. The Morgan fingerprint density at radius 1 is 1.17 bits per heavy atom. The molecule has 5 unspecified atom stereocenters. The van der Waals surface area contributed by atoms with Crippen LogP contribution in [0.3, 0.4) is 0 Å². The summed E-state index contributed by atoms with van der Waals surface area (Å²) in [5.74, 6) is -2.64. The largest absolute Gasteiger partial charge is 0.479 e. The van der Waals surface area contributed by atoms with E-state index in [0.717, 1.165) is 0 Å². The number of carbonyl (C=O) groups excluding carboxylic acids is 1. The number of carboxylic acid groups (broad SMARTS) is 1. The summed E-state index contributed by atoms with van der Waals surface area (Å²) in [7, 11) is 0. The molecule has 1 aliphatic heterocycles. The van der Waals surface area contributed by atoms with Crippen LogP contribution in [-0.4, -0.2) is 68.2 Å². The lowest BCUT2D eigenvalue weighted by molar-refractivity contribution is -0.271. The number of hydroxylamine groups is 1. The Balaban J connectivity index is 2.29. The predicted molar refractivity (Wildman–Crippen MR) is 78.3 cm³/mol. The third-order valence-electron chi connectivity index (χ3n) is 3.34. The fourth-order valence-corrected chi connectivity index (χ4v) is 2.48. The molecule has 0 radical (unpaired) electrons. The third-order valence-corrected chi connectivity index (χ3v) is 3.84. The predicted octanol–water partition coefficient (Wildman–Crippen LogP) is -1.16. The van der Waals surface area contributed by atoms with E-state index >= 15 is 0 Å². The molecule has 1 aromatic carbocycles. The normalized spacial score (nSPS) is 29.8. The van der Waals surface area contributed by atoms with E-state index in [-0.39, 0.29) is 11.3 Å². The molecule has 1 aliphatic rings. The van der Waals surface area contributed by atoms with E-state index in [9.17, 15) is 24.9 Å². The van der Waals surface area contributed by atoms with Crippen molar-refractivity contribution in [3.63, 3.8) is 0 Å². The number of aliphatic carboxylic acids is 1. The number of hydrogen-bond donors (Lipinski definition) is 6. The minimum Gasteiger partial charge on any atom is -0.479 e. The summed E-state index contributed by atoms with van der Waals surface area (Å²) in [6.07, 6.45) is -8.97. The lowest BCUT2D eigenvalue weighted by atomic mass is 9.99. The first-order valence-corrected chi connectivity index (χ1v) is 7.38. The molecule has 2 rings (SSSR count). The van der Waals surface area contributed by atoms with E-state index < -0.39 is 42.6 Å². The van der Waals surface area contributed by atoms with Crippen molar-refractivity contribution >= 4 is 27.8 Å². The van der Waals surface area contributed by atoms with Crippen molar-refractivity contribution in [2.75, 3.05) is 0 Å². The Kier molecular flexibility index (Phi) is 5.74. The zero-order chi connectivity index (χ0) is 18.0. The molecule has 0 aromatic heterocycles. The summed E-state index contributed by atoms with van der Waals surface area (Å²) in [6, 6.07) is 4.09. The van der Waals surface area contributed by atoms with Crippen LogP contribution >= 0.6 is 15.9 Å². The van der Waals surface area contributed by atoms with Gasteiger partial charge in [0.2, 0.25) is 6.29 Å². The van der Waals surface area contributed by atoms with Gasteiger partial charge < -0.3 is 29.9 Å². The van der Waals surface area contributed by atoms with Gasteiger partial charge in [-0.1, -0.05) is 15.9 Å². The summed E-state index contributed by atoms with van der Waals surface area (Å²) >= 11 is 3.13. The molecule has 10 nitrogen and oxygen atoms in total. The van der Waals surface area contributed by atoms with Gasteiger partial charge in [0.1, 0.15) is 24.1 Å². The molecular formula is C13H14BrNO9. The van der Waals surface area contributed by atoms with Gasteiger partial charge in [-0.05, 0) is 18.2 Å². The number of nitrogens with one attached hydrogen (secondary N) is 1. The Morgan fingerprint density at radius 2 is 1.83 bits per heavy atom. The maximum atomic E-state index is 11.6. The van der Waals surface area contributed by atoms with Crippen LogP contribution in [-0.2, 0) is 9.53 Å². The van der Waals surface area contributed by atoms with Crippen LogP contribution in [0, 0.1) is 0 Å². The average molecular weight is 408 g/mol. The first kappa shape index (κ1) is 18.6. The SMILES string of the molecule is O=C(NO)c1cc(Br)ccc1OC1OC(C(=O)O)C(O)C(O)C1O. The number of benzene rings is 1. The number of aliphatic hydroxyl groups excluding tert-OH is 3. The molecule has 24 heavy (non-hydrogen) atoms. The van der Waals surface area contributed by atoms with E-state index in [1.54, 1.807) is 0 Å². The summed E-state index contributed by atoms with van der Waals surface area (Å²) in [5, 5.41) is 47.0. The maximum absolute atomic E-state index is 11.6. The van der Waals surface area contributed by atoms with Gasteiger partial charge in [0.25, 0.3) is 5.91 Å². The second-order valence-corrected chi connectivity index (χ2v) is 5.85. The van der Waals surface area contributed by atoms with Gasteiger partial charge >= 0.3 is 5.97 Å². The molecule has 1 heterocycles. The fraction of sp³-hybridized carbons (Fsp3) is 0.385. The highest BCUT2D eigenvalue weighted by Crippen LogP contribution is 2.28. The minimum absolute atomic E-state index is 0.143. The van der Waals surface area contributed by atoms with Crippen LogP contribution in [0.5, 0.6) is 5.75 Å². The van der Waals surface area contributed by atoms with Crippen LogP contribution in [0.2, 0.25) is 0 Å². The van der Waals surface area contributed by atoms with Gasteiger partial charge in [0.05, 0.1) is 5.56 Å². The second-order valence-electron chi connectivity index (χ2n) is 4.93. The van der Waals surface area contributed by atoms with Crippen LogP contribution in [0.1, 0.15) is 10.4 Å². The van der Waals surface area contributed by atoms with Crippen LogP contribution in [0.4, 0.5) is 0 Å². The highest BCUT2D eigenvalue weighted by Gasteiger charge is 2.48. The number of aliphatic hydroxyl groups is 3. The van der Waals surface area contributed by atoms with Gasteiger partial charge in [0, 0.05) is 4.47 Å². The number of carboxylic acids is 1. The van der Waals surface area contributed by atoms with Crippen molar-refractivity contribution in [2.24, 2.45) is 0 Å². The number of ether oxygens (including phenoxy) is 2. The second kappa shape index (κ2) is 7.42. The summed E-state index contributed by atoms with van der Waals surface area (Å²) in [6.45, 7) is 0. The Bertz CT molecular complexity index is 640. The summed E-state index contributed by atoms with van der Waals surface area (Å²) in [4.78, 5) is 22.7. The lowest BCUT2D eigenvalue weighted by Crippen LogP contribution is -2.61. The van der Waals surface area contributed by atoms with Gasteiger partial charge in [-0.25, -0.2) is 10.3 Å². The average Bonchev–Trinajstić information content (AvgIpc) is 2.55. The zero-order valence-corrected chi connectivity index (χ0v) is 13.5. The fourth-order valence-electron chi connectivity index (χ4n) is 2.12. The van der Waals surface area contributed by atoms with E-state index in [1.165, 1.54) is 23.7 Å². The van der Waals surface area contributed by atoms with Crippen molar-refractivity contribution in [3.05, 3.63) is 28.2 Å². The van der Waals surface area contributed by atoms with Gasteiger partial charge in [-0.15, -0.1) is 0 Å². The molecule has 132 valence electrons. The topological polar surface area (TPSA) is 166 Å². The molecule has 1 aromatic rings. The van der Waals surface area contributed by atoms with Gasteiger partial charge in [-0.2, -0.15) is 0 Å². The van der Waals surface area contributed by atoms with E-state index in [0.29, 0.717) is 4.47 Å². The molecule has 0 spiro atoms. The van der Waals surface area contributed by atoms with Crippen molar-refractivity contribution in [3.8, 4) is 5.75 Å². The van der Waals surface area contributed by atoms with E-state index in [1.807, 2.05) is 0 Å². The van der Waals surface area contributed by atoms with E-state index in [4.69, 9.17) is 19.8 Å². The Labute approximate surface area is 143 Å².